The fourth-order valence-electron chi connectivity index (χ4n) is 6.80. The zero-order valence-corrected chi connectivity index (χ0v) is 28.6. The molecule has 252 valence electrons. The molecule has 2 saturated heterocycles. The summed E-state index contributed by atoms with van der Waals surface area (Å²) in [6, 6.07) is 10.9. The summed E-state index contributed by atoms with van der Waals surface area (Å²) in [4.78, 5) is 51.3. The van der Waals surface area contributed by atoms with Crippen molar-refractivity contribution in [2.45, 2.75) is 51.7 Å². The van der Waals surface area contributed by atoms with Gasteiger partial charge in [-0.2, -0.15) is 0 Å². The highest BCUT2D eigenvalue weighted by molar-refractivity contribution is 7.89. The van der Waals surface area contributed by atoms with E-state index in [0.717, 1.165) is 24.7 Å². The Morgan fingerprint density at radius 3 is 2.38 bits per heavy atom. The lowest BCUT2D eigenvalue weighted by Crippen LogP contribution is -2.55. The molecular weight excluding hydrogens is 661 g/mol. The summed E-state index contributed by atoms with van der Waals surface area (Å²) in [5, 5.41) is 3.54. The smallest absolute Gasteiger partial charge is 0.285 e. The van der Waals surface area contributed by atoms with Crippen LogP contribution >= 0.6 is 11.6 Å². The van der Waals surface area contributed by atoms with Gasteiger partial charge in [-0.05, 0) is 68.7 Å². The number of carbonyl (C=O) groups is 2. The number of hydrogen-bond donors (Lipinski definition) is 2. The lowest BCUT2D eigenvalue weighted by molar-refractivity contribution is -0.129. The maximum absolute atomic E-state index is 15.9. The van der Waals surface area contributed by atoms with Crippen molar-refractivity contribution >= 4 is 55.7 Å². The second-order valence-corrected chi connectivity index (χ2v) is 14.7. The molecule has 0 aliphatic carbocycles. The predicted octanol–water partition coefficient (Wildman–Crippen LogP) is 4.16. The minimum Gasteiger partial charge on any atom is -0.377 e. The van der Waals surface area contributed by atoms with Crippen LogP contribution in [-0.2, 0) is 21.9 Å². The molecule has 2 amide bonds. The molecule has 2 bridgehead atoms. The van der Waals surface area contributed by atoms with Crippen molar-refractivity contribution in [2.24, 2.45) is 7.05 Å². The van der Waals surface area contributed by atoms with Crippen LogP contribution < -0.4 is 20.5 Å². The number of amides is 2. The quantitative estimate of drug-likeness (QED) is 0.272. The van der Waals surface area contributed by atoms with Crippen molar-refractivity contribution in [3.8, 4) is 11.4 Å². The minimum absolute atomic E-state index is 0.00751. The van der Waals surface area contributed by atoms with Gasteiger partial charge in [0.25, 0.3) is 11.5 Å². The topological polar surface area (TPSA) is 147 Å². The summed E-state index contributed by atoms with van der Waals surface area (Å²) < 4.78 is 42.7. The van der Waals surface area contributed by atoms with Crippen LogP contribution in [0.4, 0.5) is 15.8 Å². The summed E-state index contributed by atoms with van der Waals surface area (Å²) in [5.74, 6) is -1.12. The number of rotatable bonds is 7. The molecular formula is C33H35ClFN7O5S. The van der Waals surface area contributed by atoms with Gasteiger partial charge in [0.15, 0.2) is 5.69 Å². The molecule has 2 aliphatic heterocycles. The van der Waals surface area contributed by atoms with Gasteiger partial charge in [0.2, 0.25) is 15.9 Å². The first-order valence-electron chi connectivity index (χ1n) is 15.4. The molecule has 2 aromatic carbocycles. The third-order valence-electron chi connectivity index (χ3n) is 8.96. The third kappa shape index (κ3) is 6.33. The molecule has 0 spiro atoms. The zero-order chi connectivity index (χ0) is 34.7. The fraction of sp³-hybridized carbons (Fsp3) is 0.364. The maximum atomic E-state index is 15.9. The maximum Gasteiger partial charge on any atom is 0.285 e. The largest absolute Gasteiger partial charge is 0.377 e. The standard InChI is InChI=1S/C33H35ClFN7O5S/c1-17-12-23(18(2)36-26-9-11-28(34)37-30(26)32(44)39-48(5,46)47)29-24(13-17)33(45)40(4)31(38-29)20-6-10-27(25(35)14-20)42-21-7-8-22(42)16-41(15-21)19(3)43/h6,9-14,18,21-22,36H,7-8,15-16H2,1-5H3,(H,39,44)/t18-,21?,22?/m1/s1. The van der Waals surface area contributed by atoms with Crippen LogP contribution in [0.5, 0.6) is 0 Å². The number of fused-ring (bicyclic) bond motifs is 3. The number of piperazine rings is 1. The van der Waals surface area contributed by atoms with Gasteiger partial charge in [0.1, 0.15) is 16.8 Å². The molecule has 0 saturated carbocycles. The molecule has 4 heterocycles. The van der Waals surface area contributed by atoms with Gasteiger partial charge in [-0.1, -0.05) is 17.7 Å². The van der Waals surface area contributed by atoms with Gasteiger partial charge >= 0.3 is 0 Å². The highest BCUT2D eigenvalue weighted by Crippen LogP contribution is 2.38. The Kier molecular flexibility index (Phi) is 8.66. The molecule has 3 atom stereocenters. The van der Waals surface area contributed by atoms with Crippen molar-refractivity contribution in [1.82, 2.24) is 24.2 Å². The predicted molar refractivity (Wildman–Crippen MR) is 182 cm³/mol. The monoisotopic (exact) mass is 695 g/mol. The lowest BCUT2D eigenvalue weighted by atomic mass is 10.0. The van der Waals surface area contributed by atoms with Crippen LogP contribution in [0.2, 0.25) is 5.15 Å². The van der Waals surface area contributed by atoms with E-state index in [1.54, 1.807) is 39.1 Å². The normalized spacial score (nSPS) is 18.2. The van der Waals surface area contributed by atoms with Crippen molar-refractivity contribution < 1.29 is 22.4 Å². The molecule has 15 heteroatoms. The second kappa shape index (κ2) is 12.5. The summed E-state index contributed by atoms with van der Waals surface area (Å²) in [5.41, 5.74) is 2.32. The number of pyridine rings is 1. The number of halogens is 2. The van der Waals surface area contributed by atoms with Crippen LogP contribution in [0.15, 0.2) is 47.3 Å². The van der Waals surface area contributed by atoms with E-state index in [4.69, 9.17) is 16.6 Å². The Morgan fingerprint density at radius 2 is 1.75 bits per heavy atom. The van der Waals surface area contributed by atoms with E-state index >= 15 is 4.39 Å². The number of sulfonamides is 1. The summed E-state index contributed by atoms with van der Waals surface area (Å²) in [7, 11) is -2.29. The highest BCUT2D eigenvalue weighted by Gasteiger charge is 2.41. The van der Waals surface area contributed by atoms with E-state index in [-0.39, 0.29) is 45.9 Å². The Morgan fingerprint density at radius 1 is 1.06 bits per heavy atom. The first-order valence-corrected chi connectivity index (χ1v) is 17.7. The number of aromatic nitrogens is 3. The molecule has 2 aromatic heterocycles. The van der Waals surface area contributed by atoms with Crippen LogP contribution in [0.3, 0.4) is 0 Å². The Labute approximate surface area is 282 Å². The van der Waals surface area contributed by atoms with Gasteiger partial charge in [-0.25, -0.2) is 27.5 Å². The van der Waals surface area contributed by atoms with Crippen molar-refractivity contribution in [3.05, 3.63) is 80.6 Å². The second-order valence-electron chi connectivity index (χ2n) is 12.5. The molecule has 2 N–H and O–H groups in total. The highest BCUT2D eigenvalue weighted by atomic mass is 35.5. The first-order chi connectivity index (χ1) is 22.6. The van der Waals surface area contributed by atoms with Crippen LogP contribution in [0.25, 0.3) is 22.3 Å². The van der Waals surface area contributed by atoms with E-state index in [2.05, 4.69) is 15.2 Å². The number of nitrogens with zero attached hydrogens (tertiary/aromatic N) is 5. The van der Waals surface area contributed by atoms with Crippen molar-refractivity contribution in [2.75, 3.05) is 29.6 Å². The first kappa shape index (κ1) is 33.3. The number of anilines is 2. The van der Waals surface area contributed by atoms with Gasteiger partial charge in [-0.15, -0.1) is 0 Å². The van der Waals surface area contributed by atoms with E-state index < -0.39 is 27.8 Å². The Bertz CT molecular complexity index is 2140. The Hall–Kier alpha value is -4.56. The number of benzene rings is 2. The average Bonchev–Trinajstić information content (AvgIpc) is 3.26. The number of likely N-dealkylation sites (tertiary alicyclic amines) is 1. The number of nitrogens with one attached hydrogen (secondary N) is 2. The lowest BCUT2D eigenvalue weighted by Gasteiger charge is -2.42. The zero-order valence-electron chi connectivity index (χ0n) is 27.0. The van der Waals surface area contributed by atoms with Crippen molar-refractivity contribution in [1.29, 1.82) is 0 Å². The molecule has 48 heavy (non-hydrogen) atoms. The molecule has 2 unspecified atom stereocenters. The summed E-state index contributed by atoms with van der Waals surface area (Å²) >= 11 is 6.03. The molecule has 2 aliphatic rings. The molecule has 4 aromatic rings. The molecule has 6 rings (SSSR count). The molecule has 12 nitrogen and oxygen atoms in total. The van der Waals surface area contributed by atoms with Gasteiger partial charge in [-0.3, -0.25) is 19.0 Å². The molecule has 2 fully saturated rings. The van der Waals surface area contributed by atoms with Crippen molar-refractivity contribution in [3.63, 3.8) is 0 Å². The van der Waals surface area contributed by atoms with Crippen LogP contribution in [-0.4, -0.2) is 71.1 Å². The molecule has 0 radical (unpaired) electrons. The van der Waals surface area contributed by atoms with E-state index in [0.29, 0.717) is 40.8 Å². The fourth-order valence-corrected chi connectivity index (χ4v) is 7.38. The van der Waals surface area contributed by atoms with Gasteiger partial charge in [0.05, 0.1) is 34.6 Å². The van der Waals surface area contributed by atoms with Crippen LogP contribution in [0.1, 0.15) is 54.3 Å². The summed E-state index contributed by atoms with van der Waals surface area (Å²) in [6.45, 7) is 6.31. The Balaban J connectivity index is 1.37. The van der Waals surface area contributed by atoms with E-state index in [1.165, 1.54) is 22.8 Å². The minimum atomic E-state index is -3.88. The van der Waals surface area contributed by atoms with Gasteiger partial charge in [0, 0.05) is 50.3 Å². The van der Waals surface area contributed by atoms with E-state index in [1.807, 2.05) is 22.6 Å². The number of carbonyl (C=O) groups excluding carboxylic acids is 2. The van der Waals surface area contributed by atoms with E-state index in [9.17, 15) is 22.8 Å². The number of aryl methyl sites for hydroxylation is 1. The summed E-state index contributed by atoms with van der Waals surface area (Å²) in [6.07, 6.45) is 2.61. The SMILES string of the molecule is CC(=O)N1CC2CCC(C1)N2c1ccc(-c2nc3c([C@@H](C)Nc4ccc(Cl)nc4C(=O)NS(C)(=O)=O)cc(C)cc3c(=O)n2C)cc1F. The average molecular weight is 696 g/mol. The van der Waals surface area contributed by atoms with Gasteiger partial charge < -0.3 is 15.1 Å². The van der Waals surface area contributed by atoms with Crippen LogP contribution in [0, 0.1) is 12.7 Å². The number of hydrogen-bond acceptors (Lipinski definition) is 9. The third-order valence-corrected chi connectivity index (χ3v) is 9.73.